The molecule has 0 aromatic heterocycles. The summed E-state index contributed by atoms with van der Waals surface area (Å²) in [6.45, 7) is 0.370. The normalized spacial score (nSPS) is 40.4. The zero-order valence-electron chi connectivity index (χ0n) is 5.82. The van der Waals surface area contributed by atoms with Crippen molar-refractivity contribution in [1.82, 2.24) is 0 Å². The summed E-state index contributed by atoms with van der Waals surface area (Å²) in [6.07, 6.45) is 0.347. The maximum atomic E-state index is 11.2. The van der Waals surface area contributed by atoms with E-state index < -0.39 is 7.60 Å². The highest BCUT2D eigenvalue weighted by atomic mass is 31.2. The van der Waals surface area contributed by atoms with Gasteiger partial charge in [-0.3, -0.25) is 4.57 Å². The highest BCUT2D eigenvalue weighted by Gasteiger charge is 2.35. The Kier molecular flexibility index (Phi) is 2.47. The van der Waals surface area contributed by atoms with Crippen molar-refractivity contribution in [3.8, 4) is 0 Å². The molecule has 0 bridgehead atoms. The minimum atomic E-state index is -2.78. The average molecular weight is 166 g/mol. The Hall–Kier alpha value is 0.110. The molecule has 0 aliphatic carbocycles. The van der Waals surface area contributed by atoms with Gasteiger partial charge in [-0.15, -0.1) is 0 Å². The zero-order chi connectivity index (χ0) is 7.61. The van der Waals surface area contributed by atoms with Crippen LogP contribution >= 0.6 is 7.60 Å². The topological polar surface area (TPSA) is 55.8 Å². The highest BCUT2D eigenvalue weighted by molar-refractivity contribution is 7.54. The zero-order valence-corrected chi connectivity index (χ0v) is 6.71. The second kappa shape index (κ2) is 3.01. The molecule has 0 spiro atoms. The summed E-state index contributed by atoms with van der Waals surface area (Å²) in [4.78, 5) is 0. The van der Waals surface area contributed by atoms with Crippen LogP contribution in [0.3, 0.4) is 0 Å². The first kappa shape index (κ1) is 8.21. The molecule has 1 saturated heterocycles. The van der Waals surface area contributed by atoms with Gasteiger partial charge in [0.05, 0.1) is 12.8 Å². The van der Waals surface area contributed by atoms with Crippen molar-refractivity contribution in [2.24, 2.45) is 5.92 Å². The van der Waals surface area contributed by atoms with Gasteiger partial charge in [-0.05, 0) is 0 Å². The fraction of sp³-hybridized carbons (Fsp3) is 1.00. The lowest BCUT2D eigenvalue weighted by Gasteiger charge is -2.05. The van der Waals surface area contributed by atoms with E-state index in [9.17, 15) is 4.57 Å². The third-order valence-corrected chi connectivity index (χ3v) is 3.59. The summed E-state index contributed by atoms with van der Waals surface area (Å²) in [5, 5.41) is 8.64. The van der Waals surface area contributed by atoms with Gasteiger partial charge in [0.25, 0.3) is 0 Å². The van der Waals surface area contributed by atoms with Gasteiger partial charge in [0, 0.05) is 19.6 Å². The predicted molar refractivity (Wildman–Crippen MR) is 36.0 cm³/mol. The molecule has 10 heavy (non-hydrogen) atoms. The molecule has 4 nitrogen and oxygen atoms in total. The first-order valence-electron chi connectivity index (χ1n) is 3.10. The first-order chi connectivity index (χ1) is 4.70. The molecule has 1 aliphatic heterocycles. The lowest BCUT2D eigenvalue weighted by Crippen LogP contribution is -2.07. The molecule has 0 radical (unpaired) electrons. The highest BCUT2D eigenvalue weighted by Crippen LogP contribution is 2.53. The molecule has 1 heterocycles. The lowest BCUT2D eigenvalue weighted by molar-refractivity contribution is 0.196. The van der Waals surface area contributed by atoms with Gasteiger partial charge in [-0.2, -0.15) is 0 Å². The first-order valence-corrected chi connectivity index (χ1v) is 4.83. The third-order valence-electron chi connectivity index (χ3n) is 1.53. The minimum Gasteiger partial charge on any atom is -0.396 e. The van der Waals surface area contributed by atoms with Gasteiger partial charge >= 0.3 is 7.60 Å². The summed E-state index contributed by atoms with van der Waals surface area (Å²) in [7, 11) is -1.42. The number of aliphatic hydroxyl groups is 1. The summed E-state index contributed by atoms with van der Waals surface area (Å²) < 4.78 is 20.7. The molecule has 2 atom stereocenters. The van der Waals surface area contributed by atoms with E-state index >= 15 is 0 Å². The maximum absolute atomic E-state index is 11.2. The van der Waals surface area contributed by atoms with Gasteiger partial charge in [-0.25, -0.2) is 0 Å². The van der Waals surface area contributed by atoms with E-state index in [0.717, 1.165) is 0 Å². The van der Waals surface area contributed by atoms with Gasteiger partial charge < -0.3 is 14.2 Å². The van der Waals surface area contributed by atoms with Crippen LogP contribution in [0.1, 0.15) is 0 Å². The molecule has 0 aromatic rings. The molecule has 0 aromatic carbocycles. The molecule has 1 N–H and O–H groups in total. The summed E-state index contributed by atoms with van der Waals surface area (Å²) in [5.74, 6) is -0.00853. The molecule has 0 saturated carbocycles. The van der Waals surface area contributed by atoms with Gasteiger partial charge in [0.1, 0.15) is 0 Å². The van der Waals surface area contributed by atoms with E-state index in [1.807, 2.05) is 0 Å². The fourth-order valence-corrected chi connectivity index (χ4v) is 2.53. The van der Waals surface area contributed by atoms with Gasteiger partial charge in [-0.1, -0.05) is 0 Å². The van der Waals surface area contributed by atoms with E-state index in [0.29, 0.717) is 12.8 Å². The Morgan fingerprint density at radius 3 is 2.90 bits per heavy atom. The monoisotopic (exact) mass is 166 g/mol. The Balaban J connectivity index is 2.49. The molecular weight excluding hydrogens is 155 g/mol. The molecular formula is C5H11O4P. The van der Waals surface area contributed by atoms with Crippen LogP contribution in [0, 0.1) is 5.92 Å². The molecule has 0 amide bonds. The van der Waals surface area contributed by atoms with Crippen molar-refractivity contribution in [2.75, 3.05) is 26.5 Å². The summed E-state index contributed by atoms with van der Waals surface area (Å²) in [6, 6.07) is 0. The van der Waals surface area contributed by atoms with Crippen LogP contribution in [0.4, 0.5) is 0 Å². The van der Waals surface area contributed by atoms with Crippen LogP contribution < -0.4 is 0 Å². The molecule has 2 unspecified atom stereocenters. The Bertz CT molecular complexity index is 158. The number of rotatable bonds is 2. The summed E-state index contributed by atoms with van der Waals surface area (Å²) >= 11 is 0. The van der Waals surface area contributed by atoms with Crippen LogP contribution in [0.15, 0.2) is 0 Å². The lowest BCUT2D eigenvalue weighted by atomic mass is 10.2. The van der Waals surface area contributed by atoms with Gasteiger partial charge in [0.15, 0.2) is 0 Å². The van der Waals surface area contributed by atoms with Crippen LogP contribution in [0.2, 0.25) is 0 Å². The van der Waals surface area contributed by atoms with Crippen molar-refractivity contribution < 1.29 is 18.7 Å². The average Bonchev–Trinajstić information content (AvgIpc) is 2.33. The SMILES string of the molecule is COP1(=O)CC(CO)CO1. The van der Waals surface area contributed by atoms with Crippen LogP contribution in [-0.4, -0.2) is 31.6 Å². The number of aliphatic hydroxyl groups excluding tert-OH is 1. The molecule has 5 heteroatoms. The van der Waals surface area contributed by atoms with Crippen LogP contribution in [0.25, 0.3) is 0 Å². The fourth-order valence-electron chi connectivity index (χ4n) is 0.878. The van der Waals surface area contributed by atoms with Crippen LogP contribution in [-0.2, 0) is 13.6 Å². The molecule has 1 aliphatic rings. The van der Waals surface area contributed by atoms with Crippen molar-refractivity contribution in [3.05, 3.63) is 0 Å². The second-order valence-electron chi connectivity index (χ2n) is 2.32. The van der Waals surface area contributed by atoms with E-state index in [1.165, 1.54) is 7.11 Å². The quantitative estimate of drug-likeness (QED) is 0.605. The minimum absolute atomic E-state index is 0.00853. The second-order valence-corrected chi connectivity index (χ2v) is 4.53. The maximum Gasteiger partial charge on any atom is 0.330 e. The smallest absolute Gasteiger partial charge is 0.330 e. The predicted octanol–water partition coefficient (Wildman–Crippen LogP) is 0.465. The molecule has 1 rings (SSSR count). The number of hydrogen-bond donors (Lipinski definition) is 1. The molecule has 1 fully saturated rings. The van der Waals surface area contributed by atoms with Crippen molar-refractivity contribution in [2.45, 2.75) is 0 Å². The van der Waals surface area contributed by atoms with Crippen LogP contribution in [0.5, 0.6) is 0 Å². The Morgan fingerprint density at radius 2 is 2.60 bits per heavy atom. The summed E-state index contributed by atoms with van der Waals surface area (Å²) in [5.41, 5.74) is 0. The van der Waals surface area contributed by atoms with Crippen molar-refractivity contribution in [3.63, 3.8) is 0 Å². The van der Waals surface area contributed by atoms with E-state index in [1.54, 1.807) is 0 Å². The number of hydrogen-bond acceptors (Lipinski definition) is 4. The van der Waals surface area contributed by atoms with E-state index in [4.69, 9.17) is 9.63 Å². The van der Waals surface area contributed by atoms with Crippen molar-refractivity contribution in [1.29, 1.82) is 0 Å². The Morgan fingerprint density at radius 1 is 1.90 bits per heavy atom. The molecule has 60 valence electrons. The van der Waals surface area contributed by atoms with E-state index in [2.05, 4.69) is 4.52 Å². The standard InChI is InChI=1S/C5H11O4P/c1-8-10(7)4-5(2-6)3-9-10/h5-6H,2-4H2,1H3. The third kappa shape index (κ3) is 1.58. The largest absolute Gasteiger partial charge is 0.396 e. The van der Waals surface area contributed by atoms with Gasteiger partial charge in [0.2, 0.25) is 0 Å². The Labute approximate surface area is 59.7 Å². The van der Waals surface area contributed by atoms with E-state index in [-0.39, 0.29) is 12.5 Å². The van der Waals surface area contributed by atoms with Crippen molar-refractivity contribution >= 4 is 7.60 Å².